The van der Waals surface area contributed by atoms with Crippen LogP contribution in [0.1, 0.15) is 22.3 Å². The molecule has 0 radical (unpaired) electrons. The Morgan fingerprint density at radius 3 is 1.21 bits per heavy atom. The van der Waals surface area contributed by atoms with Crippen LogP contribution < -0.4 is 0 Å². The van der Waals surface area contributed by atoms with E-state index in [0.717, 1.165) is 4.48 Å². The van der Waals surface area contributed by atoms with Crippen molar-refractivity contribution in [3.8, 4) is 0 Å². The van der Waals surface area contributed by atoms with E-state index in [1.54, 1.807) is 0 Å². The quantitative estimate of drug-likeness (QED) is 0.109. The molecule has 0 N–H and O–H groups in total. The molecule has 3 heteroatoms. The third-order valence-corrected chi connectivity index (χ3v) is 14.0. The number of halogens is 2. The van der Waals surface area contributed by atoms with Crippen molar-refractivity contribution in [3.05, 3.63) is 144 Å². The van der Waals surface area contributed by atoms with Gasteiger partial charge in [0, 0.05) is 0 Å². The first-order chi connectivity index (χ1) is 16.0. The maximum absolute atomic E-state index is 4.24. The van der Waals surface area contributed by atoms with Crippen molar-refractivity contribution in [2.24, 2.45) is 0 Å². The molecule has 0 aliphatic rings. The summed E-state index contributed by atoms with van der Waals surface area (Å²) in [7, 11) is 0. The summed E-state index contributed by atoms with van der Waals surface area (Å²) in [5, 5.41) is 0. The van der Waals surface area contributed by atoms with Gasteiger partial charge in [0.05, 0.1) is 0 Å². The Labute approximate surface area is 215 Å². The molecule has 0 atom stereocenters. The molecule has 0 aliphatic carbocycles. The van der Waals surface area contributed by atoms with Crippen molar-refractivity contribution in [2.45, 2.75) is 9.88 Å². The second-order valence-electron chi connectivity index (χ2n) is 8.38. The fraction of sp³-hybridized carbons (Fsp3) is 0.0667. The van der Waals surface area contributed by atoms with E-state index in [2.05, 4.69) is 160 Å². The monoisotopic (exact) mass is 664 g/mol. The summed E-state index contributed by atoms with van der Waals surface area (Å²) < 4.78 is 2.55. The van der Waals surface area contributed by atoms with Crippen LogP contribution in [0.2, 0.25) is 9.88 Å². The Morgan fingerprint density at radius 1 is 0.485 bits per heavy atom. The molecule has 4 rings (SSSR count). The summed E-state index contributed by atoms with van der Waals surface area (Å²) in [5.74, 6) is 0. The maximum atomic E-state index is 4.24. The van der Waals surface area contributed by atoms with Crippen LogP contribution in [0.5, 0.6) is 0 Å². The van der Waals surface area contributed by atoms with E-state index in [1.165, 1.54) is 37.0 Å². The fourth-order valence-electron chi connectivity index (χ4n) is 4.12. The molecule has 0 fully saturated rings. The predicted octanol–water partition coefficient (Wildman–Crippen LogP) is 9.70. The van der Waals surface area contributed by atoms with E-state index >= 15 is 0 Å². The molecule has 0 saturated carbocycles. The Bertz CT molecular complexity index is 1250. The van der Waals surface area contributed by atoms with Crippen LogP contribution in [0.25, 0.3) is 19.2 Å². The van der Waals surface area contributed by atoms with Gasteiger partial charge in [-0.05, 0) is 0 Å². The van der Waals surface area contributed by atoms with E-state index in [9.17, 15) is 0 Å². The Hall–Kier alpha value is -1.88. The van der Waals surface area contributed by atoms with Gasteiger partial charge in [-0.3, -0.25) is 0 Å². The van der Waals surface area contributed by atoms with Gasteiger partial charge in [-0.1, -0.05) is 0 Å². The standard InChI is InChI=1S/C28H20Br.2CH3.BrH.Sn/c29-28(25-19-11-4-12-20-25)27(24-17-9-3-10-18-24)26(23-15-7-2-8-16-23)21-22-13-5-1-6-14-22;;;;/h1-20H;2*1H3;1H;/q;;;;+1/p-1/b26-21?,28-27+;;;;. The third-order valence-electron chi connectivity index (χ3n) is 5.53. The summed E-state index contributed by atoms with van der Waals surface area (Å²) in [6.45, 7) is 0. The van der Waals surface area contributed by atoms with Crippen LogP contribution in [0.3, 0.4) is 0 Å². The molecule has 33 heavy (non-hydrogen) atoms. The zero-order valence-electron chi connectivity index (χ0n) is 18.8. The molecule has 0 bridgehead atoms. The van der Waals surface area contributed by atoms with Crippen LogP contribution >= 0.6 is 28.6 Å². The SMILES string of the molecule is [CH3][Sn]([CH3])([Br])/[C](=C(/C(=C(/Br)c1ccccc1)c1ccccc1)c1ccccc1)c1ccccc1. The average Bonchev–Trinajstić information content (AvgIpc) is 2.85. The van der Waals surface area contributed by atoms with E-state index in [0.29, 0.717) is 0 Å². The van der Waals surface area contributed by atoms with Gasteiger partial charge in [-0.15, -0.1) is 0 Å². The second kappa shape index (κ2) is 11.0. The van der Waals surface area contributed by atoms with Crippen molar-refractivity contribution in [1.29, 1.82) is 0 Å². The molecule has 0 nitrogen and oxygen atoms in total. The van der Waals surface area contributed by atoms with Crippen molar-refractivity contribution in [2.75, 3.05) is 0 Å². The molecule has 0 amide bonds. The van der Waals surface area contributed by atoms with E-state index in [-0.39, 0.29) is 0 Å². The van der Waals surface area contributed by atoms with E-state index in [1.807, 2.05) is 0 Å². The van der Waals surface area contributed by atoms with Crippen LogP contribution in [0, 0.1) is 0 Å². The van der Waals surface area contributed by atoms with E-state index in [4.69, 9.17) is 0 Å². The first-order valence-electron chi connectivity index (χ1n) is 11.0. The van der Waals surface area contributed by atoms with Crippen LogP contribution in [-0.4, -0.2) is 16.2 Å². The average molecular weight is 665 g/mol. The van der Waals surface area contributed by atoms with Gasteiger partial charge in [0.15, 0.2) is 0 Å². The number of rotatable bonds is 6. The molecule has 0 saturated heterocycles. The molecule has 164 valence electrons. The first kappa shape index (κ1) is 24.2. The summed E-state index contributed by atoms with van der Waals surface area (Å²) in [4.78, 5) is 4.86. The molecule has 0 heterocycles. The van der Waals surface area contributed by atoms with Gasteiger partial charge >= 0.3 is 217 Å². The van der Waals surface area contributed by atoms with Crippen LogP contribution in [0.15, 0.2) is 121 Å². The topological polar surface area (TPSA) is 0 Å². The van der Waals surface area contributed by atoms with Gasteiger partial charge < -0.3 is 0 Å². The van der Waals surface area contributed by atoms with Gasteiger partial charge in [0.2, 0.25) is 0 Å². The zero-order chi connectivity index (χ0) is 23.3. The van der Waals surface area contributed by atoms with Gasteiger partial charge in [-0.2, -0.15) is 0 Å². The number of hydrogen-bond acceptors (Lipinski definition) is 0. The second-order valence-corrected chi connectivity index (χ2v) is 32.3. The summed E-state index contributed by atoms with van der Waals surface area (Å²) >= 11 is 5.44. The van der Waals surface area contributed by atoms with Crippen molar-refractivity contribution < 1.29 is 0 Å². The third kappa shape index (κ3) is 5.79. The minimum atomic E-state index is -2.85. The first-order valence-corrected chi connectivity index (χ1v) is 25.3. The Morgan fingerprint density at radius 2 is 0.818 bits per heavy atom. The molecule has 4 aromatic carbocycles. The fourth-order valence-corrected chi connectivity index (χ4v) is 12.6. The van der Waals surface area contributed by atoms with Crippen molar-refractivity contribution in [1.82, 2.24) is 0 Å². The van der Waals surface area contributed by atoms with Gasteiger partial charge in [0.1, 0.15) is 0 Å². The normalized spacial score (nSPS) is 13.2. The molecule has 0 aromatic heterocycles. The van der Waals surface area contributed by atoms with Crippen LogP contribution in [-0.2, 0) is 0 Å². The zero-order valence-corrected chi connectivity index (χ0v) is 24.8. The number of hydrogen-bond donors (Lipinski definition) is 0. The van der Waals surface area contributed by atoms with Crippen molar-refractivity contribution in [3.63, 3.8) is 0 Å². The Balaban J connectivity index is 2.19. The molecule has 4 aromatic rings. The molecule has 0 aliphatic heterocycles. The molecular weight excluding hydrogens is 639 g/mol. The molecular formula is C30H26Br2Sn. The molecule has 0 spiro atoms. The summed E-state index contributed by atoms with van der Waals surface area (Å²) in [6, 6.07) is 43.0. The summed E-state index contributed by atoms with van der Waals surface area (Å²) in [5.41, 5.74) is 7.39. The number of benzene rings is 4. The summed E-state index contributed by atoms with van der Waals surface area (Å²) in [6.07, 6.45) is 0. The predicted molar refractivity (Wildman–Crippen MR) is 155 cm³/mol. The minimum absolute atomic E-state index is 1.10. The number of allylic oxidation sites excluding steroid dienone is 2. The van der Waals surface area contributed by atoms with E-state index < -0.39 is 16.2 Å². The molecule has 0 unspecified atom stereocenters. The van der Waals surface area contributed by atoms with Gasteiger partial charge in [0.25, 0.3) is 0 Å². The Kier molecular flexibility index (Phi) is 8.10. The van der Waals surface area contributed by atoms with Gasteiger partial charge in [-0.25, -0.2) is 0 Å². The van der Waals surface area contributed by atoms with Crippen molar-refractivity contribution >= 4 is 64.0 Å². The van der Waals surface area contributed by atoms with Crippen LogP contribution in [0.4, 0.5) is 0 Å².